The largest absolute Gasteiger partial charge is 0.822 e. The van der Waals surface area contributed by atoms with Gasteiger partial charge in [-0.15, -0.1) is 0 Å². The molecule has 0 radical (unpaired) electrons. The Balaban J connectivity index is -0.000000607. The van der Waals surface area contributed by atoms with Gasteiger partial charge in [-0.2, -0.15) is 7.82 Å². The van der Waals surface area contributed by atoms with Crippen LogP contribution in [0.15, 0.2) is 0 Å². The van der Waals surface area contributed by atoms with Crippen molar-refractivity contribution in [2.45, 2.75) is 388 Å². The first kappa shape index (κ1) is 96.7. The Morgan fingerprint density at radius 1 is 0.293 bits per heavy atom. The Kier molecular flexibility index (Phi) is 72.7. The Labute approximate surface area is 570 Å². The van der Waals surface area contributed by atoms with Crippen molar-refractivity contribution in [3.8, 4) is 0 Å². The van der Waals surface area contributed by atoms with Crippen molar-refractivity contribution in [2.75, 3.05) is 81.7 Å². The minimum absolute atomic E-state index is 0.0889. The summed E-state index contributed by atoms with van der Waals surface area (Å²) in [5, 5.41) is 37.1. The predicted molar refractivity (Wildman–Crippen MR) is 385 cm³/mol. The second-order valence-electron chi connectivity index (χ2n) is 28.7. The lowest BCUT2D eigenvalue weighted by Crippen LogP contribution is -2.58. The summed E-state index contributed by atoms with van der Waals surface area (Å²) in [6.07, 6.45) is 65.4. The van der Waals surface area contributed by atoms with Crippen LogP contribution in [0.5, 0.6) is 0 Å². The summed E-state index contributed by atoms with van der Waals surface area (Å²) < 4.78 is 10.5. The van der Waals surface area contributed by atoms with E-state index in [2.05, 4.69) is 99.8 Å². The molecule has 0 aromatic heterocycles. The fourth-order valence-corrected chi connectivity index (χ4v) is 12.3. The number of nitrogens with one attached hydrogen (secondary N) is 3. The van der Waals surface area contributed by atoms with Gasteiger partial charge in [0.1, 0.15) is 19.6 Å². The number of unbranched alkanes of at least 4 members (excludes halogenated alkanes) is 42. The third kappa shape index (κ3) is 71.1. The lowest BCUT2D eigenvalue weighted by Gasteiger charge is -2.37. The zero-order valence-electron chi connectivity index (χ0n) is 63.0. The Bertz CT molecular complexity index is 1450. The molecule has 554 valence electrons. The van der Waals surface area contributed by atoms with Crippen LogP contribution in [0.25, 0.3) is 0 Å². The lowest BCUT2D eigenvalue weighted by atomic mass is 10.0. The SMILES string of the molecule is CCCCCCCCCCCCCCCCCC(=O)NC(CC)[N+](C)(C)CCO.CCCCCCCCCCCCCCCCCC(=O)NC(CC)[N+](C)(C)CCO.CCCCCCCCCCCCCCCCCC(=O)NC(CC)[N+](C)(C)CCO.O=P([O-])([O-])[O-]. The summed E-state index contributed by atoms with van der Waals surface area (Å²) in [7, 11) is 7.02. The summed E-state index contributed by atoms with van der Waals surface area (Å²) in [6.45, 7) is 15.6. The molecule has 3 unspecified atom stereocenters. The normalized spacial score (nSPS) is 12.8. The highest BCUT2D eigenvalue weighted by Crippen LogP contribution is 2.19. The number of carbonyl (C=O) groups excluding carboxylic acids is 3. The molecule has 0 aliphatic carbocycles. The van der Waals surface area contributed by atoms with Gasteiger partial charge in [0.05, 0.1) is 62.1 Å². The number of likely N-dealkylation sites (N-methyl/N-ethyl adjacent to an activating group) is 3. The van der Waals surface area contributed by atoms with E-state index in [0.29, 0.717) is 52.3 Å². The maximum Gasteiger partial charge on any atom is 0.224 e. The van der Waals surface area contributed by atoms with Gasteiger partial charge < -0.3 is 64.0 Å². The Morgan fingerprint density at radius 2 is 0.424 bits per heavy atom. The number of quaternary nitrogens is 3. The third-order valence-corrected chi connectivity index (χ3v) is 18.7. The number of hydrogen-bond acceptors (Lipinski definition) is 10. The second-order valence-corrected chi connectivity index (χ2v) is 29.6. The highest BCUT2D eigenvalue weighted by molar-refractivity contribution is 7.40. The van der Waals surface area contributed by atoms with E-state index >= 15 is 0 Å². The molecule has 0 aliphatic heterocycles. The van der Waals surface area contributed by atoms with E-state index in [4.69, 9.17) is 19.2 Å². The van der Waals surface area contributed by atoms with Gasteiger partial charge in [0.2, 0.25) is 17.7 Å². The zero-order chi connectivity index (χ0) is 69.9. The predicted octanol–water partition coefficient (Wildman–Crippen LogP) is 15.7. The number of carbonyl (C=O) groups is 3. The molecule has 0 aromatic rings. The molecule has 0 bridgehead atoms. The van der Waals surface area contributed by atoms with E-state index < -0.39 is 7.82 Å². The van der Waals surface area contributed by atoms with Crippen molar-refractivity contribution in [1.29, 1.82) is 0 Å². The van der Waals surface area contributed by atoms with Gasteiger partial charge in [-0.1, -0.05) is 311 Å². The monoisotopic (exact) mass is 1340 g/mol. The van der Waals surface area contributed by atoms with Crippen LogP contribution in [0.4, 0.5) is 0 Å². The maximum atomic E-state index is 12.2. The van der Waals surface area contributed by atoms with E-state index in [1.54, 1.807) is 0 Å². The van der Waals surface area contributed by atoms with Crippen molar-refractivity contribution >= 4 is 25.5 Å². The fourth-order valence-electron chi connectivity index (χ4n) is 12.3. The molecule has 3 atom stereocenters. The maximum absolute atomic E-state index is 12.2. The molecule has 0 spiro atoms. The van der Waals surface area contributed by atoms with Crippen LogP contribution >= 0.6 is 7.82 Å². The summed E-state index contributed by atoms with van der Waals surface area (Å²) >= 11 is 0. The first-order valence-electron chi connectivity index (χ1n) is 38.8. The smallest absolute Gasteiger partial charge is 0.224 e. The molecule has 0 saturated carbocycles. The molecule has 17 heteroatoms. The number of nitrogens with zero attached hydrogens (tertiary/aromatic N) is 3. The minimum Gasteiger partial charge on any atom is -0.822 e. The van der Waals surface area contributed by atoms with Crippen molar-refractivity contribution in [3.05, 3.63) is 0 Å². The zero-order valence-corrected chi connectivity index (χ0v) is 63.9. The van der Waals surface area contributed by atoms with E-state index in [1.165, 1.54) is 250 Å². The summed E-state index contributed by atoms with van der Waals surface area (Å²) in [5.41, 5.74) is 0. The molecular formula is C75H159N6O10P. The van der Waals surface area contributed by atoms with Gasteiger partial charge in [0.25, 0.3) is 0 Å². The molecule has 0 saturated heterocycles. The van der Waals surface area contributed by atoms with E-state index in [0.717, 1.165) is 57.8 Å². The van der Waals surface area contributed by atoms with Crippen molar-refractivity contribution in [2.24, 2.45) is 0 Å². The molecule has 0 heterocycles. The Hall–Kier alpha value is -1.72. The number of aliphatic hydroxyl groups excluding tert-OH is 3. The molecule has 6 N–H and O–H groups in total. The highest BCUT2D eigenvalue weighted by Gasteiger charge is 2.29. The Morgan fingerprint density at radius 3 is 0.543 bits per heavy atom. The molecule has 16 nitrogen and oxygen atoms in total. The molecule has 92 heavy (non-hydrogen) atoms. The van der Waals surface area contributed by atoms with Crippen LogP contribution in [-0.2, 0) is 18.9 Å². The summed E-state index contributed by atoms with van der Waals surface area (Å²) in [4.78, 5) is 62.3. The number of hydrogen-bond donors (Lipinski definition) is 6. The van der Waals surface area contributed by atoms with Crippen LogP contribution in [0.3, 0.4) is 0 Å². The minimum atomic E-state index is -5.39. The molecule has 0 fully saturated rings. The molecule has 0 aliphatic rings. The first-order valence-corrected chi connectivity index (χ1v) is 40.3. The van der Waals surface area contributed by atoms with Crippen molar-refractivity contribution in [3.63, 3.8) is 0 Å². The van der Waals surface area contributed by atoms with Gasteiger partial charge >= 0.3 is 0 Å². The lowest BCUT2D eigenvalue weighted by molar-refractivity contribution is -0.917. The topological polar surface area (TPSA) is 234 Å². The van der Waals surface area contributed by atoms with Gasteiger partial charge in [0, 0.05) is 38.5 Å². The molecule has 0 aromatic carbocycles. The van der Waals surface area contributed by atoms with E-state index in [9.17, 15) is 29.7 Å². The standard InChI is InChI=1S/3C25H52N2O2.H3O4P/c3*1-5-7-8-9-10-11-12-13-14-15-16-17-18-19-20-21-25(29)26-24(6-2)27(3,4)22-23-28;1-5(2,3)4/h3*24,28H,5-23H2,1-4H3;(H3,1,2,3,4). The summed E-state index contributed by atoms with van der Waals surface area (Å²) in [6, 6.07) is 0. The number of rotatable bonds is 63. The van der Waals surface area contributed by atoms with Crippen molar-refractivity contribution in [1.82, 2.24) is 16.0 Å². The van der Waals surface area contributed by atoms with Gasteiger partial charge in [0.15, 0.2) is 18.5 Å². The van der Waals surface area contributed by atoms with Gasteiger partial charge in [-0.05, 0) is 19.3 Å². The quantitative estimate of drug-likeness (QED) is 0.0146. The van der Waals surface area contributed by atoms with Crippen LogP contribution in [0.1, 0.15) is 369 Å². The number of phosphoric acid groups is 1. The molecular weight excluding hydrogens is 1180 g/mol. The van der Waals surface area contributed by atoms with Crippen LogP contribution in [0, 0.1) is 0 Å². The van der Waals surface area contributed by atoms with Crippen LogP contribution in [-0.4, -0.2) is 147 Å². The first-order chi connectivity index (χ1) is 43.9. The van der Waals surface area contributed by atoms with Crippen LogP contribution < -0.4 is 30.6 Å². The summed E-state index contributed by atoms with van der Waals surface area (Å²) in [5.74, 6) is 0.488. The van der Waals surface area contributed by atoms with E-state index in [1.807, 2.05) is 0 Å². The second kappa shape index (κ2) is 69.2. The molecule has 0 rings (SSSR count). The fraction of sp³-hybridized carbons (Fsp3) is 0.960. The average Bonchev–Trinajstić information content (AvgIpc) is 1.12. The number of amides is 3. The van der Waals surface area contributed by atoms with E-state index in [-0.39, 0.29) is 56.0 Å². The average molecular weight is 1340 g/mol. The molecule has 3 amide bonds. The third-order valence-electron chi connectivity index (χ3n) is 18.7. The number of aliphatic hydroxyl groups is 3. The van der Waals surface area contributed by atoms with Gasteiger partial charge in [-0.3, -0.25) is 14.4 Å². The highest BCUT2D eigenvalue weighted by atomic mass is 31.2. The van der Waals surface area contributed by atoms with Crippen molar-refractivity contribution < 1.29 is 62.4 Å². The van der Waals surface area contributed by atoms with Crippen LogP contribution in [0.2, 0.25) is 0 Å². The van der Waals surface area contributed by atoms with Gasteiger partial charge in [-0.25, -0.2) is 0 Å².